The molecule has 0 bridgehead atoms. The number of fused-ring (bicyclic) bond motifs is 1. The molecule has 0 N–H and O–H groups in total. The zero-order chi connectivity index (χ0) is 13.4. The van der Waals surface area contributed by atoms with Gasteiger partial charge in [0.25, 0.3) is 5.91 Å². The van der Waals surface area contributed by atoms with Crippen LogP contribution in [0.2, 0.25) is 0 Å². The highest BCUT2D eigenvalue weighted by Gasteiger charge is 2.36. The van der Waals surface area contributed by atoms with Gasteiger partial charge in [-0.2, -0.15) is 0 Å². The Morgan fingerprint density at radius 3 is 3.00 bits per heavy atom. The number of thiazole rings is 1. The van der Waals surface area contributed by atoms with E-state index in [1.165, 1.54) is 5.57 Å². The summed E-state index contributed by atoms with van der Waals surface area (Å²) in [5.41, 5.74) is 2.10. The average Bonchev–Trinajstić information content (AvgIpc) is 3.03. The first-order valence-electron chi connectivity index (χ1n) is 6.62. The van der Waals surface area contributed by atoms with Gasteiger partial charge in [0, 0.05) is 18.5 Å². The standard InChI is InChI=1S/C14H18N2OS2/c1-9-3-4-10-6-16(7-11(10)5-9)13(17)12-8-19-14(15-12)18-2/h3,8,10-11H,4-7H2,1-2H3/t10-,11+/m1/s1. The molecule has 0 aromatic carbocycles. The van der Waals surface area contributed by atoms with E-state index in [4.69, 9.17) is 0 Å². The van der Waals surface area contributed by atoms with Crippen LogP contribution in [-0.2, 0) is 0 Å². The molecule has 1 saturated heterocycles. The highest BCUT2D eigenvalue weighted by Crippen LogP contribution is 2.36. The number of aromatic nitrogens is 1. The van der Waals surface area contributed by atoms with Crippen molar-refractivity contribution in [1.82, 2.24) is 9.88 Å². The van der Waals surface area contributed by atoms with Crippen LogP contribution in [0.25, 0.3) is 0 Å². The highest BCUT2D eigenvalue weighted by molar-refractivity contribution is 8.00. The molecular formula is C14H18N2OS2. The van der Waals surface area contributed by atoms with Crippen LogP contribution in [0.4, 0.5) is 0 Å². The molecule has 1 aliphatic carbocycles. The van der Waals surface area contributed by atoms with E-state index in [9.17, 15) is 4.79 Å². The average molecular weight is 294 g/mol. The molecule has 5 heteroatoms. The molecule has 0 saturated carbocycles. The van der Waals surface area contributed by atoms with Crippen molar-refractivity contribution in [3.8, 4) is 0 Å². The summed E-state index contributed by atoms with van der Waals surface area (Å²) in [5, 5.41) is 1.89. The van der Waals surface area contributed by atoms with Gasteiger partial charge in [0.1, 0.15) is 10.0 Å². The fourth-order valence-corrected chi connectivity index (χ4v) is 4.30. The molecule has 102 valence electrons. The normalized spacial score (nSPS) is 26.2. The molecule has 3 nitrogen and oxygen atoms in total. The van der Waals surface area contributed by atoms with E-state index in [1.54, 1.807) is 23.1 Å². The summed E-state index contributed by atoms with van der Waals surface area (Å²) in [4.78, 5) is 18.8. The van der Waals surface area contributed by atoms with Crippen LogP contribution in [0.5, 0.6) is 0 Å². The fourth-order valence-electron chi connectivity index (χ4n) is 3.06. The number of carbonyl (C=O) groups excluding carboxylic acids is 1. The number of nitrogens with zero attached hydrogens (tertiary/aromatic N) is 2. The fraction of sp³-hybridized carbons (Fsp3) is 0.571. The SMILES string of the molecule is CSc1nc(C(=O)N2C[C@H]3CC=C(C)C[C@H]3C2)cs1. The number of hydrogen-bond donors (Lipinski definition) is 0. The quantitative estimate of drug-likeness (QED) is 0.620. The molecule has 0 unspecified atom stereocenters. The number of likely N-dealkylation sites (tertiary alicyclic amines) is 1. The van der Waals surface area contributed by atoms with Crippen molar-refractivity contribution in [2.24, 2.45) is 11.8 Å². The third kappa shape index (κ3) is 2.58. The molecular weight excluding hydrogens is 276 g/mol. The summed E-state index contributed by atoms with van der Waals surface area (Å²) in [7, 11) is 0. The molecule has 1 fully saturated rings. The molecule has 2 aliphatic rings. The minimum atomic E-state index is 0.114. The highest BCUT2D eigenvalue weighted by atomic mass is 32.2. The number of allylic oxidation sites excluding steroid dienone is 2. The lowest BCUT2D eigenvalue weighted by atomic mass is 9.83. The molecule has 19 heavy (non-hydrogen) atoms. The van der Waals surface area contributed by atoms with Crippen LogP contribution >= 0.6 is 23.1 Å². The van der Waals surface area contributed by atoms with Crippen LogP contribution in [0, 0.1) is 11.8 Å². The summed E-state index contributed by atoms with van der Waals surface area (Å²) >= 11 is 3.15. The Kier molecular flexibility index (Phi) is 3.67. The van der Waals surface area contributed by atoms with E-state index in [-0.39, 0.29) is 5.91 Å². The number of thioether (sulfide) groups is 1. The van der Waals surface area contributed by atoms with Gasteiger partial charge in [-0.15, -0.1) is 11.3 Å². The molecule has 1 aromatic rings. The number of rotatable bonds is 2. The second-order valence-corrected chi connectivity index (χ2v) is 7.33. The molecule has 0 spiro atoms. The first-order valence-corrected chi connectivity index (χ1v) is 8.72. The van der Waals surface area contributed by atoms with Gasteiger partial charge in [0.15, 0.2) is 0 Å². The number of hydrogen-bond acceptors (Lipinski definition) is 4. The Balaban J connectivity index is 1.70. The minimum absolute atomic E-state index is 0.114. The van der Waals surface area contributed by atoms with Crippen molar-refractivity contribution in [2.75, 3.05) is 19.3 Å². The second kappa shape index (κ2) is 5.29. The third-order valence-corrected chi connectivity index (χ3v) is 5.96. The van der Waals surface area contributed by atoms with Crippen LogP contribution in [-0.4, -0.2) is 35.1 Å². The molecule has 1 aliphatic heterocycles. The van der Waals surface area contributed by atoms with Crippen molar-refractivity contribution in [3.05, 3.63) is 22.7 Å². The van der Waals surface area contributed by atoms with Crippen LogP contribution in [0.3, 0.4) is 0 Å². The van der Waals surface area contributed by atoms with Crippen LogP contribution in [0.1, 0.15) is 30.3 Å². The molecule has 0 radical (unpaired) electrons. The Bertz CT molecular complexity index is 523. The van der Waals surface area contributed by atoms with E-state index in [2.05, 4.69) is 18.0 Å². The third-order valence-electron chi connectivity index (χ3n) is 4.09. The predicted octanol–water partition coefficient (Wildman–Crippen LogP) is 3.29. The van der Waals surface area contributed by atoms with E-state index in [0.717, 1.165) is 30.3 Å². The Morgan fingerprint density at radius 2 is 2.26 bits per heavy atom. The summed E-state index contributed by atoms with van der Waals surface area (Å²) in [6, 6.07) is 0. The van der Waals surface area contributed by atoms with Gasteiger partial charge in [-0.3, -0.25) is 4.79 Å². The van der Waals surface area contributed by atoms with Gasteiger partial charge in [0.2, 0.25) is 0 Å². The van der Waals surface area contributed by atoms with Crippen molar-refractivity contribution >= 4 is 29.0 Å². The van der Waals surface area contributed by atoms with Gasteiger partial charge >= 0.3 is 0 Å². The van der Waals surface area contributed by atoms with Gasteiger partial charge < -0.3 is 4.90 Å². The summed E-state index contributed by atoms with van der Waals surface area (Å²) in [6.07, 6.45) is 6.62. The molecule has 1 amide bonds. The maximum atomic E-state index is 12.4. The Morgan fingerprint density at radius 1 is 1.47 bits per heavy atom. The maximum absolute atomic E-state index is 12.4. The van der Waals surface area contributed by atoms with Gasteiger partial charge in [0.05, 0.1) is 0 Å². The summed E-state index contributed by atoms with van der Waals surface area (Å²) < 4.78 is 0.970. The first kappa shape index (κ1) is 13.2. The molecule has 1 aromatic heterocycles. The lowest BCUT2D eigenvalue weighted by molar-refractivity contribution is 0.0778. The predicted molar refractivity (Wildman–Crippen MR) is 79.8 cm³/mol. The maximum Gasteiger partial charge on any atom is 0.273 e. The van der Waals surface area contributed by atoms with Gasteiger partial charge in [-0.1, -0.05) is 23.4 Å². The van der Waals surface area contributed by atoms with Gasteiger partial charge in [-0.05, 0) is 37.9 Å². The van der Waals surface area contributed by atoms with E-state index in [1.807, 2.05) is 16.5 Å². The summed E-state index contributed by atoms with van der Waals surface area (Å²) in [5.74, 6) is 1.43. The zero-order valence-electron chi connectivity index (χ0n) is 11.3. The number of carbonyl (C=O) groups is 1. The summed E-state index contributed by atoms with van der Waals surface area (Å²) in [6.45, 7) is 4.01. The largest absolute Gasteiger partial charge is 0.337 e. The smallest absolute Gasteiger partial charge is 0.273 e. The topological polar surface area (TPSA) is 33.2 Å². The monoisotopic (exact) mass is 294 g/mol. The van der Waals surface area contributed by atoms with E-state index >= 15 is 0 Å². The lowest BCUT2D eigenvalue weighted by Crippen LogP contribution is -2.29. The van der Waals surface area contributed by atoms with E-state index in [0.29, 0.717) is 17.5 Å². The molecule has 2 heterocycles. The molecule has 3 rings (SSSR count). The first-order chi connectivity index (χ1) is 9.17. The zero-order valence-corrected chi connectivity index (χ0v) is 12.9. The van der Waals surface area contributed by atoms with Crippen LogP contribution < -0.4 is 0 Å². The second-order valence-electron chi connectivity index (χ2n) is 5.42. The lowest BCUT2D eigenvalue weighted by Gasteiger charge is -2.21. The van der Waals surface area contributed by atoms with Crippen LogP contribution in [0.15, 0.2) is 21.4 Å². The van der Waals surface area contributed by atoms with Gasteiger partial charge in [-0.25, -0.2) is 4.98 Å². The number of amides is 1. The van der Waals surface area contributed by atoms with E-state index < -0.39 is 0 Å². The Hall–Kier alpha value is -0.810. The van der Waals surface area contributed by atoms with Crippen molar-refractivity contribution in [3.63, 3.8) is 0 Å². The molecule has 2 atom stereocenters. The minimum Gasteiger partial charge on any atom is -0.337 e. The van der Waals surface area contributed by atoms with Crippen molar-refractivity contribution in [2.45, 2.75) is 24.1 Å². The Labute approximate surface area is 122 Å². The van der Waals surface area contributed by atoms with Crippen molar-refractivity contribution in [1.29, 1.82) is 0 Å². The van der Waals surface area contributed by atoms with Crippen molar-refractivity contribution < 1.29 is 4.79 Å².